The van der Waals surface area contributed by atoms with Crippen molar-refractivity contribution in [2.24, 2.45) is 0 Å². The Labute approximate surface area is 118 Å². The number of hydrogen-bond acceptors (Lipinski definition) is 3. The minimum absolute atomic E-state index is 0.000247. The van der Waals surface area contributed by atoms with Crippen LogP contribution < -0.4 is 5.32 Å². The second-order valence-corrected chi connectivity index (χ2v) is 4.92. The predicted molar refractivity (Wildman–Crippen MR) is 79.7 cm³/mol. The first-order valence-electron chi connectivity index (χ1n) is 6.93. The lowest BCUT2D eigenvalue weighted by molar-refractivity contribution is 0.0930. The van der Waals surface area contributed by atoms with E-state index in [0.29, 0.717) is 12.0 Å². The van der Waals surface area contributed by atoms with Crippen LogP contribution in [0.25, 0.3) is 10.9 Å². The quantitative estimate of drug-likeness (QED) is 0.878. The van der Waals surface area contributed by atoms with Gasteiger partial charge in [0.15, 0.2) is 0 Å². The van der Waals surface area contributed by atoms with Gasteiger partial charge in [-0.3, -0.25) is 9.78 Å². The summed E-state index contributed by atoms with van der Waals surface area (Å²) in [5.41, 5.74) is 2.29. The van der Waals surface area contributed by atoms with Crippen LogP contribution in [-0.2, 0) is 0 Å². The third kappa shape index (κ3) is 3.14. The van der Waals surface area contributed by atoms with Gasteiger partial charge in [-0.15, -0.1) is 0 Å². The lowest BCUT2D eigenvalue weighted by Gasteiger charge is -2.16. The zero-order chi connectivity index (χ0) is 14.5. The van der Waals surface area contributed by atoms with E-state index in [1.165, 1.54) is 0 Å². The molecule has 2 aromatic rings. The van der Waals surface area contributed by atoms with Crippen LogP contribution in [0.15, 0.2) is 30.3 Å². The fourth-order valence-corrected chi connectivity index (χ4v) is 2.29. The summed E-state index contributed by atoms with van der Waals surface area (Å²) in [7, 11) is 0. The van der Waals surface area contributed by atoms with E-state index in [1.807, 2.05) is 44.2 Å². The monoisotopic (exact) mass is 272 g/mol. The number of aromatic nitrogens is 1. The third-order valence-corrected chi connectivity index (χ3v) is 3.39. The Kier molecular flexibility index (Phi) is 4.69. The van der Waals surface area contributed by atoms with Crippen LogP contribution in [0.3, 0.4) is 0 Å². The molecule has 1 heterocycles. The van der Waals surface area contributed by atoms with Crippen LogP contribution in [0, 0.1) is 6.92 Å². The van der Waals surface area contributed by atoms with Gasteiger partial charge in [0.25, 0.3) is 5.91 Å². The highest BCUT2D eigenvalue weighted by Crippen LogP contribution is 2.18. The van der Waals surface area contributed by atoms with Crippen molar-refractivity contribution >= 4 is 16.8 Å². The summed E-state index contributed by atoms with van der Waals surface area (Å²) in [6.45, 7) is 3.96. The fourth-order valence-electron chi connectivity index (χ4n) is 2.29. The van der Waals surface area contributed by atoms with Gasteiger partial charge in [-0.05, 0) is 31.9 Å². The number of carbonyl (C=O) groups is 1. The summed E-state index contributed by atoms with van der Waals surface area (Å²) in [6.07, 6.45) is 1.37. The van der Waals surface area contributed by atoms with Gasteiger partial charge in [0.2, 0.25) is 0 Å². The number of fused-ring (bicyclic) bond motifs is 1. The normalized spacial score (nSPS) is 12.3. The van der Waals surface area contributed by atoms with Crippen LogP contribution >= 0.6 is 0 Å². The molecule has 1 aromatic heterocycles. The molecule has 0 aliphatic rings. The molecule has 1 unspecified atom stereocenters. The molecule has 0 radical (unpaired) electrons. The molecule has 2 N–H and O–H groups in total. The highest BCUT2D eigenvalue weighted by atomic mass is 16.3. The number of nitrogens with zero attached hydrogens (tertiary/aromatic N) is 1. The second-order valence-electron chi connectivity index (χ2n) is 4.92. The number of carbonyl (C=O) groups excluding carboxylic acids is 1. The number of aliphatic hydroxyl groups is 1. The smallest absolute Gasteiger partial charge is 0.252 e. The van der Waals surface area contributed by atoms with E-state index < -0.39 is 0 Å². The van der Waals surface area contributed by atoms with Crippen LogP contribution in [0.2, 0.25) is 0 Å². The molecule has 20 heavy (non-hydrogen) atoms. The zero-order valence-corrected chi connectivity index (χ0v) is 11.9. The van der Waals surface area contributed by atoms with Crippen molar-refractivity contribution in [3.05, 3.63) is 41.6 Å². The molecule has 4 heteroatoms. The number of aliphatic hydroxyl groups excluding tert-OH is 1. The molecule has 0 saturated carbocycles. The van der Waals surface area contributed by atoms with Crippen molar-refractivity contribution in [2.75, 3.05) is 6.61 Å². The summed E-state index contributed by atoms with van der Waals surface area (Å²) < 4.78 is 0. The van der Waals surface area contributed by atoms with Gasteiger partial charge >= 0.3 is 0 Å². The number of rotatable bonds is 5. The van der Waals surface area contributed by atoms with E-state index >= 15 is 0 Å². The minimum Gasteiger partial charge on any atom is -0.396 e. The van der Waals surface area contributed by atoms with E-state index in [1.54, 1.807) is 0 Å². The van der Waals surface area contributed by atoms with Crippen LogP contribution in [0.1, 0.15) is 35.8 Å². The Hall–Kier alpha value is -1.94. The Balaban J connectivity index is 2.34. The first-order valence-corrected chi connectivity index (χ1v) is 6.93. The van der Waals surface area contributed by atoms with Gasteiger partial charge < -0.3 is 10.4 Å². The molecule has 2 rings (SSSR count). The number of amides is 1. The largest absolute Gasteiger partial charge is 0.396 e. The molecule has 1 amide bonds. The highest BCUT2D eigenvalue weighted by Gasteiger charge is 2.15. The molecule has 0 fully saturated rings. The van der Waals surface area contributed by atoms with Crippen LogP contribution in [0.5, 0.6) is 0 Å². The molecule has 0 saturated heterocycles. The van der Waals surface area contributed by atoms with Gasteiger partial charge in [0, 0.05) is 23.7 Å². The van der Waals surface area contributed by atoms with Gasteiger partial charge in [-0.25, -0.2) is 0 Å². The average Bonchev–Trinajstić information content (AvgIpc) is 2.45. The second kappa shape index (κ2) is 6.48. The van der Waals surface area contributed by atoms with E-state index in [9.17, 15) is 4.79 Å². The summed E-state index contributed by atoms with van der Waals surface area (Å²) in [4.78, 5) is 16.9. The first-order chi connectivity index (χ1) is 9.65. The molecule has 1 aromatic carbocycles. The topological polar surface area (TPSA) is 62.2 Å². The van der Waals surface area contributed by atoms with Crippen LogP contribution in [-0.4, -0.2) is 28.6 Å². The van der Waals surface area contributed by atoms with Gasteiger partial charge in [0.1, 0.15) is 0 Å². The maximum atomic E-state index is 12.4. The Morgan fingerprint density at radius 3 is 2.85 bits per heavy atom. The molecular weight excluding hydrogens is 252 g/mol. The lowest BCUT2D eigenvalue weighted by Crippen LogP contribution is -2.35. The van der Waals surface area contributed by atoms with Crippen molar-refractivity contribution in [1.29, 1.82) is 0 Å². The van der Waals surface area contributed by atoms with Gasteiger partial charge in [0.05, 0.1) is 11.1 Å². The Bertz CT molecular complexity index is 610. The van der Waals surface area contributed by atoms with Crippen molar-refractivity contribution < 1.29 is 9.90 Å². The number of aryl methyl sites for hydroxylation is 1. The lowest BCUT2D eigenvalue weighted by atomic mass is 10.1. The number of benzene rings is 1. The van der Waals surface area contributed by atoms with Gasteiger partial charge in [-0.1, -0.05) is 25.1 Å². The minimum atomic E-state index is -0.105. The maximum absolute atomic E-state index is 12.4. The molecule has 0 aliphatic carbocycles. The van der Waals surface area contributed by atoms with Crippen LogP contribution in [0.4, 0.5) is 0 Å². The molecule has 0 spiro atoms. The average molecular weight is 272 g/mol. The number of para-hydroxylation sites is 1. The molecular formula is C16H20N2O2. The highest BCUT2D eigenvalue weighted by molar-refractivity contribution is 6.06. The SMILES string of the molecule is CCC(CCO)NC(=O)c1cc(C)nc2ccccc12. The molecule has 0 bridgehead atoms. The van der Waals surface area contributed by atoms with Crippen molar-refractivity contribution in [1.82, 2.24) is 10.3 Å². The summed E-state index contributed by atoms with van der Waals surface area (Å²) in [6, 6.07) is 9.44. The number of nitrogens with one attached hydrogen (secondary N) is 1. The Morgan fingerprint density at radius 1 is 1.40 bits per heavy atom. The Morgan fingerprint density at radius 2 is 2.15 bits per heavy atom. The van der Waals surface area contributed by atoms with Crippen molar-refractivity contribution in [3.8, 4) is 0 Å². The fraction of sp³-hybridized carbons (Fsp3) is 0.375. The van der Waals surface area contributed by atoms with E-state index in [4.69, 9.17) is 5.11 Å². The molecule has 106 valence electrons. The van der Waals surface area contributed by atoms with E-state index in [0.717, 1.165) is 23.0 Å². The number of pyridine rings is 1. The molecule has 4 nitrogen and oxygen atoms in total. The van der Waals surface area contributed by atoms with Gasteiger partial charge in [-0.2, -0.15) is 0 Å². The standard InChI is InChI=1S/C16H20N2O2/c1-3-12(8-9-19)18-16(20)14-10-11(2)17-15-7-5-4-6-13(14)15/h4-7,10,12,19H,3,8-9H2,1-2H3,(H,18,20). The van der Waals surface area contributed by atoms with Crippen molar-refractivity contribution in [3.63, 3.8) is 0 Å². The summed E-state index contributed by atoms with van der Waals surface area (Å²) >= 11 is 0. The molecule has 0 aliphatic heterocycles. The summed E-state index contributed by atoms with van der Waals surface area (Å²) in [5, 5.41) is 12.8. The van der Waals surface area contributed by atoms with E-state index in [2.05, 4.69) is 10.3 Å². The zero-order valence-electron chi connectivity index (χ0n) is 11.9. The maximum Gasteiger partial charge on any atom is 0.252 e. The number of hydrogen-bond donors (Lipinski definition) is 2. The first kappa shape index (κ1) is 14.5. The predicted octanol–water partition coefficient (Wildman–Crippen LogP) is 2.43. The van der Waals surface area contributed by atoms with E-state index in [-0.39, 0.29) is 18.6 Å². The molecule has 1 atom stereocenters. The third-order valence-electron chi connectivity index (χ3n) is 3.39. The summed E-state index contributed by atoms with van der Waals surface area (Å²) in [5.74, 6) is -0.105. The van der Waals surface area contributed by atoms with Crippen molar-refractivity contribution in [2.45, 2.75) is 32.7 Å².